The topological polar surface area (TPSA) is 69.4 Å². The first kappa shape index (κ1) is 12.8. The Hall–Kier alpha value is -1.62. The van der Waals surface area contributed by atoms with E-state index in [9.17, 15) is 14.9 Å². The van der Waals surface area contributed by atoms with Gasteiger partial charge >= 0.3 is 5.97 Å². The van der Waals surface area contributed by atoms with Gasteiger partial charge in [0.1, 0.15) is 11.1 Å². The largest absolute Gasteiger partial charge is 0.459 e. The highest BCUT2D eigenvalue weighted by Crippen LogP contribution is 2.27. The molecule has 0 aromatic heterocycles. The van der Waals surface area contributed by atoms with Crippen molar-refractivity contribution in [3.63, 3.8) is 0 Å². The summed E-state index contributed by atoms with van der Waals surface area (Å²) in [4.78, 5) is 21.9. The molecule has 1 aliphatic rings. The van der Waals surface area contributed by atoms with Crippen LogP contribution in [0.2, 0.25) is 5.02 Å². The number of ether oxygens (including phenoxy) is 1. The van der Waals surface area contributed by atoms with Crippen molar-refractivity contribution in [1.82, 2.24) is 0 Å². The van der Waals surface area contributed by atoms with E-state index in [2.05, 4.69) is 0 Å². The van der Waals surface area contributed by atoms with Gasteiger partial charge in [0.2, 0.25) is 0 Å². The maximum Gasteiger partial charge on any atom is 0.338 e. The second kappa shape index (κ2) is 5.35. The first-order valence-corrected chi connectivity index (χ1v) is 6.10. The number of rotatable bonds is 3. The molecule has 0 heterocycles. The van der Waals surface area contributed by atoms with E-state index in [1.807, 2.05) is 0 Å². The van der Waals surface area contributed by atoms with Crippen LogP contribution in [0.1, 0.15) is 36.0 Å². The first-order valence-electron chi connectivity index (χ1n) is 5.73. The molecule has 18 heavy (non-hydrogen) atoms. The summed E-state index contributed by atoms with van der Waals surface area (Å²) in [5, 5.41) is 10.7. The van der Waals surface area contributed by atoms with Crippen LogP contribution in [0.15, 0.2) is 18.2 Å². The van der Waals surface area contributed by atoms with Crippen LogP contribution < -0.4 is 0 Å². The molecule has 0 saturated heterocycles. The lowest BCUT2D eigenvalue weighted by molar-refractivity contribution is -0.384. The molecule has 0 amide bonds. The van der Waals surface area contributed by atoms with Crippen molar-refractivity contribution < 1.29 is 14.5 Å². The predicted octanol–water partition coefficient (Wildman–Crippen LogP) is 3.35. The lowest BCUT2D eigenvalue weighted by atomic mass is 10.2. The van der Waals surface area contributed by atoms with E-state index >= 15 is 0 Å². The van der Waals surface area contributed by atoms with Crippen molar-refractivity contribution >= 4 is 23.3 Å². The molecule has 0 bridgehead atoms. The Labute approximate surface area is 109 Å². The molecule has 96 valence electrons. The second-order valence-corrected chi connectivity index (χ2v) is 4.64. The molecule has 5 nitrogen and oxygen atoms in total. The van der Waals surface area contributed by atoms with Crippen LogP contribution in [0, 0.1) is 10.1 Å². The zero-order valence-electron chi connectivity index (χ0n) is 9.60. The Bertz CT molecular complexity index is 483. The molecule has 0 unspecified atom stereocenters. The number of hydrogen-bond acceptors (Lipinski definition) is 4. The number of hydrogen-bond donors (Lipinski definition) is 0. The summed E-state index contributed by atoms with van der Waals surface area (Å²) < 4.78 is 5.27. The minimum atomic E-state index is -0.616. The molecule has 6 heteroatoms. The van der Waals surface area contributed by atoms with E-state index in [0.29, 0.717) is 0 Å². The molecule has 0 N–H and O–H groups in total. The summed E-state index contributed by atoms with van der Waals surface area (Å²) in [7, 11) is 0. The van der Waals surface area contributed by atoms with Crippen molar-refractivity contribution in [3.05, 3.63) is 38.9 Å². The highest BCUT2D eigenvalue weighted by molar-refractivity contribution is 6.32. The third-order valence-corrected chi connectivity index (χ3v) is 3.27. The van der Waals surface area contributed by atoms with Gasteiger partial charge in [0, 0.05) is 6.07 Å². The summed E-state index contributed by atoms with van der Waals surface area (Å²) in [6.07, 6.45) is 3.77. The Morgan fingerprint density at radius 1 is 1.39 bits per heavy atom. The van der Waals surface area contributed by atoms with Gasteiger partial charge in [-0.1, -0.05) is 11.6 Å². The van der Waals surface area contributed by atoms with Crippen LogP contribution in [0.5, 0.6) is 0 Å². The molecule has 0 spiro atoms. The van der Waals surface area contributed by atoms with Gasteiger partial charge in [-0.25, -0.2) is 4.79 Å². The van der Waals surface area contributed by atoms with E-state index in [-0.39, 0.29) is 22.4 Å². The van der Waals surface area contributed by atoms with Crippen LogP contribution in [0.4, 0.5) is 5.69 Å². The van der Waals surface area contributed by atoms with Crippen LogP contribution in [0.3, 0.4) is 0 Å². The van der Waals surface area contributed by atoms with E-state index in [4.69, 9.17) is 16.3 Å². The number of benzene rings is 1. The number of carbonyl (C=O) groups excluding carboxylic acids is 1. The van der Waals surface area contributed by atoms with Crippen LogP contribution >= 0.6 is 11.6 Å². The normalized spacial score (nSPS) is 15.6. The van der Waals surface area contributed by atoms with Crippen molar-refractivity contribution in [2.24, 2.45) is 0 Å². The van der Waals surface area contributed by atoms with E-state index < -0.39 is 10.9 Å². The summed E-state index contributed by atoms with van der Waals surface area (Å²) in [6.45, 7) is 0. The maximum atomic E-state index is 11.8. The van der Waals surface area contributed by atoms with Crippen LogP contribution in [0.25, 0.3) is 0 Å². The van der Waals surface area contributed by atoms with Gasteiger partial charge in [-0.2, -0.15) is 0 Å². The predicted molar refractivity (Wildman–Crippen MR) is 65.8 cm³/mol. The van der Waals surface area contributed by atoms with Gasteiger partial charge in [0.05, 0.1) is 10.5 Å². The second-order valence-electron chi connectivity index (χ2n) is 4.24. The number of esters is 1. The molecular weight excluding hydrogens is 258 g/mol. The number of nitro groups is 1. The number of nitrogens with zero attached hydrogens (tertiary/aromatic N) is 1. The zero-order valence-corrected chi connectivity index (χ0v) is 10.4. The SMILES string of the molecule is O=C(OC1CCCC1)c1ccc(Cl)c([N+](=O)[O-])c1. The van der Waals surface area contributed by atoms with Crippen molar-refractivity contribution in [2.75, 3.05) is 0 Å². The molecule has 1 saturated carbocycles. The van der Waals surface area contributed by atoms with Crippen molar-refractivity contribution in [2.45, 2.75) is 31.8 Å². The molecule has 2 rings (SSSR count). The Balaban J connectivity index is 2.14. The van der Waals surface area contributed by atoms with E-state index in [1.54, 1.807) is 0 Å². The minimum Gasteiger partial charge on any atom is -0.459 e. The van der Waals surface area contributed by atoms with Crippen molar-refractivity contribution in [3.8, 4) is 0 Å². The summed E-state index contributed by atoms with van der Waals surface area (Å²) in [5.74, 6) is -0.526. The Morgan fingerprint density at radius 3 is 2.67 bits per heavy atom. The molecule has 1 aliphatic carbocycles. The third kappa shape index (κ3) is 2.79. The van der Waals surface area contributed by atoms with Gasteiger partial charge < -0.3 is 4.74 Å². The molecule has 0 radical (unpaired) electrons. The quantitative estimate of drug-likeness (QED) is 0.479. The molecule has 1 aromatic carbocycles. The number of halogens is 1. The van der Waals surface area contributed by atoms with Gasteiger partial charge in [0.25, 0.3) is 5.69 Å². The van der Waals surface area contributed by atoms with E-state index in [0.717, 1.165) is 31.7 Å². The fourth-order valence-corrected chi connectivity index (χ4v) is 2.19. The molecule has 1 fully saturated rings. The van der Waals surface area contributed by atoms with Crippen molar-refractivity contribution in [1.29, 1.82) is 0 Å². The van der Waals surface area contributed by atoms with Crippen LogP contribution in [-0.4, -0.2) is 17.0 Å². The maximum absolute atomic E-state index is 11.8. The molecule has 0 aliphatic heterocycles. The van der Waals surface area contributed by atoms with Gasteiger partial charge in [-0.3, -0.25) is 10.1 Å². The van der Waals surface area contributed by atoms with Gasteiger partial charge in [-0.15, -0.1) is 0 Å². The standard InChI is InChI=1S/C12H12ClNO4/c13-10-6-5-8(7-11(10)14(16)17)12(15)18-9-3-1-2-4-9/h5-7,9H,1-4H2. The van der Waals surface area contributed by atoms with Gasteiger partial charge in [-0.05, 0) is 37.8 Å². The first-order chi connectivity index (χ1) is 8.58. The average molecular weight is 270 g/mol. The average Bonchev–Trinajstić information content (AvgIpc) is 2.81. The summed E-state index contributed by atoms with van der Waals surface area (Å²) in [6, 6.07) is 3.93. The lowest BCUT2D eigenvalue weighted by Gasteiger charge is -2.11. The fourth-order valence-electron chi connectivity index (χ4n) is 2.01. The highest BCUT2D eigenvalue weighted by atomic mass is 35.5. The Kier molecular flexibility index (Phi) is 3.81. The Morgan fingerprint density at radius 2 is 2.06 bits per heavy atom. The van der Waals surface area contributed by atoms with Crippen LogP contribution in [-0.2, 0) is 4.74 Å². The summed E-state index contributed by atoms with van der Waals surface area (Å²) >= 11 is 5.67. The number of nitro benzene ring substituents is 1. The monoisotopic (exact) mass is 269 g/mol. The molecule has 0 atom stereocenters. The zero-order chi connectivity index (χ0) is 13.1. The molecular formula is C12H12ClNO4. The van der Waals surface area contributed by atoms with Gasteiger partial charge in [0.15, 0.2) is 0 Å². The third-order valence-electron chi connectivity index (χ3n) is 2.95. The highest BCUT2D eigenvalue weighted by Gasteiger charge is 2.22. The smallest absolute Gasteiger partial charge is 0.338 e. The van der Waals surface area contributed by atoms with E-state index in [1.165, 1.54) is 12.1 Å². The number of carbonyl (C=O) groups is 1. The minimum absolute atomic E-state index is 0.0115. The lowest BCUT2D eigenvalue weighted by Crippen LogP contribution is -2.14. The summed E-state index contributed by atoms with van der Waals surface area (Å²) in [5.41, 5.74) is -0.115. The molecule has 1 aromatic rings. The fraction of sp³-hybridized carbons (Fsp3) is 0.417.